The Kier molecular flexibility index (Phi) is 4.21. The van der Waals surface area contributed by atoms with Gasteiger partial charge in [-0.25, -0.2) is 4.79 Å². The minimum atomic E-state index is -1.16. The maximum Gasteiger partial charge on any atom is 0.414 e. The molecule has 1 aromatic rings. The van der Waals surface area contributed by atoms with E-state index in [9.17, 15) is 9.35 Å². The number of carbonyl (C=O) groups excluding carboxylic acids is 1. The zero-order valence-electron chi connectivity index (χ0n) is 10.5. The zero-order valence-corrected chi connectivity index (χ0v) is 11.3. The Morgan fingerprint density at radius 1 is 1.58 bits per heavy atom. The van der Waals surface area contributed by atoms with Crippen molar-refractivity contribution in [3.63, 3.8) is 0 Å². The Balaban J connectivity index is 2.26. The number of nitrogens with zero attached hydrogens (tertiary/aromatic N) is 2. The molecule has 2 unspecified atom stereocenters. The van der Waals surface area contributed by atoms with Gasteiger partial charge in [0.05, 0.1) is 18.1 Å². The van der Waals surface area contributed by atoms with Crippen LogP contribution in [0.2, 0.25) is 0 Å². The van der Waals surface area contributed by atoms with Crippen molar-refractivity contribution in [2.45, 2.75) is 12.8 Å². The molecular formula is C12H12N2O4S. The number of ether oxygens (including phenoxy) is 1. The molecule has 0 N–H and O–H groups in total. The van der Waals surface area contributed by atoms with Gasteiger partial charge in [-0.3, -0.25) is 0 Å². The van der Waals surface area contributed by atoms with E-state index in [1.807, 2.05) is 5.94 Å². The topological polar surface area (TPSA) is 88.3 Å². The van der Waals surface area contributed by atoms with Crippen molar-refractivity contribution in [3.05, 3.63) is 34.6 Å². The van der Waals surface area contributed by atoms with Gasteiger partial charge in [-0.15, -0.1) is 5.10 Å². The lowest BCUT2D eigenvalue weighted by Crippen LogP contribution is -2.08. The van der Waals surface area contributed by atoms with Crippen molar-refractivity contribution in [3.8, 4) is 6.08 Å². The third-order valence-electron chi connectivity index (χ3n) is 2.49. The Morgan fingerprint density at radius 3 is 3.00 bits per heavy atom. The van der Waals surface area contributed by atoms with Gasteiger partial charge in [0.2, 0.25) is 5.89 Å². The lowest BCUT2D eigenvalue weighted by Gasteiger charge is -2.13. The first-order chi connectivity index (χ1) is 9.15. The SMILES string of the molecule is CCOc1nnc(C2C=CC([S+](C)[O-])=CC2=C=O)o1. The average Bonchev–Trinajstić information content (AvgIpc) is 2.86. The lowest BCUT2D eigenvalue weighted by atomic mass is 9.96. The fourth-order valence-corrected chi connectivity index (χ4v) is 2.16. The number of rotatable bonds is 4. The highest BCUT2D eigenvalue weighted by atomic mass is 32.2. The number of allylic oxidation sites excluding steroid dienone is 4. The van der Waals surface area contributed by atoms with Crippen molar-refractivity contribution in [1.29, 1.82) is 0 Å². The molecule has 0 radical (unpaired) electrons. The summed E-state index contributed by atoms with van der Waals surface area (Å²) in [6.45, 7) is 2.21. The summed E-state index contributed by atoms with van der Waals surface area (Å²) >= 11 is -1.16. The second-order valence-corrected chi connectivity index (χ2v) is 5.11. The van der Waals surface area contributed by atoms with Gasteiger partial charge >= 0.3 is 6.08 Å². The van der Waals surface area contributed by atoms with Crippen LogP contribution in [0.1, 0.15) is 18.7 Å². The highest BCUT2D eigenvalue weighted by Gasteiger charge is 2.26. The van der Waals surface area contributed by atoms with Gasteiger partial charge in [0.1, 0.15) is 12.2 Å². The van der Waals surface area contributed by atoms with E-state index in [1.54, 1.807) is 25.3 Å². The highest BCUT2D eigenvalue weighted by molar-refractivity contribution is 7.94. The Hall–Kier alpha value is -1.82. The predicted molar refractivity (Wildman–Crippen MR) is 68.7 cm³/mol. The molecule has 0 aromatic carbocycles. The first-order valence-corrected chi connectivity index (χ1v) is 7.16. The van der Waals surface area contributed by atoms with Gasteiger partial charge in [0, 0.05) is 6.08 Å². The van der Waals surface area contributed by atoms with E-state index in [2.05, 4.69) is 10.2 Å². The number of hydrogen-bond acceptors (Lipinski definition) is 6. The van der Waals surface area contributed by atoms with E-state index >= 15 is 0 Å². The van der Waals surface area contributed by atoms with Crippen LogP contribution >= 0.6 is 0 Å². The van der Waals surface area contributed by atoms with Gasteiger partial charge in [-0.05, 0) is 24.2 Å². The fraction of sp³-hybridized carbons (Fsp3) is 0.333. The molecule has 2 atom stereocenters. The van der Waals surface area contributed by atoms with Crippen LogP contribution in [-0.4, -0.2) is 33.6 Å². The lowest BCUT2D eigenvalue weighted by molar-refractivity contribution is 0.237. The molecule has 1 heterocycles. The van der Waals surface area contributed by atoms with Gasteiger partial charge in [-0.1, -0.05) is 11.2 Å². The van der Waals surface area contributed by atoms with Crippen LogP contribution in [0.5, 0.6) is 6.08 Å². The van der Waals surface area contributed by atoms with Crippen molar-refractivity contribution in [2.24, 2.45) is 0 Å². The third-order valence-corrected chi connectivity index (χ3v) is 3.41. The fourth-order valence-electron chi connectivity index (χ4n) is 1.60. The van der Waals surface area contributed by atoms with E-state index in [4.69, 9.17) is 9.15 Å². The molecule has 1 aromatic heterocycles. The molecule has 0 spiro atoms. The summed E-state index contributed by atoms with van der Waals surface area (Å²) in [4.78, 5) is 11.5. The highest BCUT2D eigenvalue weighted by Crippen LogP contribution is 2.31. The molecule has 1 aliphatic rings. The molecule has 7 heteroatoms. The normalized spacial score (nSPS) is 19.8. The molecule has 0 fully saturated rings. The summed E-state index contributed by atoms with van der Waals surface area (Å²) in [5.41, 5.74) is 0.305. The summed E-state index contributed by atoms with van der Waals surface area (Å²) in [5.74, 6) is 1.58. The second kappa shape index (κ2) is 5.88. The van der Waals surface area contributed by atoms with Gasteiger partial charge < -0.3 is 13.7 Å². The second-order valence-electron chi connectivity index (χ2n) is 3.73. The van der Waals surface area contributed by atoms with Crippen molar-refractivity contribution < 1.29 is 18.5 Å². The van der Waals surface area contributed by atoms with E-state index in [-0.39, 0.29) is 12.0 Å². The summed E-state index contributed by atoms with van der Waals surface area (Å²) in [5, 5.41) is 7.54. The third kappa shape index (κ3) is 2.96. The smallest absolute Gasteiger partial charge is 0.414 e. The minimum Gasteiger partial charge on any atom is -0.612 e. The Labute approximate surface area is 113 Å². The largest absolute Gasteiger partial charge is 0.612 e. The van der Waals surface area contributed by atoms with Crippen molar-refractivity contribution in [2.75, 3.05) is 12.9 Å². The molecular weight excluding hydrogens is 268 g/mol. The van der Waals surface area contributed by atoms with Gasteiger partial charge in [0.15, 0.2) is 4.91 Å². The summed E-state index contributed by atoms with van der Waals surface area (Å²) in [7, 11) is 0. The maximum atomic E-state index is 11.4. The minimum absolute atomic E-state index is 0.0602. The first kappa shape index (κ1) is 13.6. The van der Waals surface area contributed by atoms with E-state index < -0.39 is 17.1 Å². The van der Waals surface area contributed by atoms with E-state index in [0.717, 1.165) is 0 Å². The summed E-state index contributed by atoms with van der Waals surface area (Å²) in [6.07, 6.45) is 6.48. The van der Waals surface area contributed by atoms with E-state index in [1.165, 1.54) is 6.08 Å². The molecule has 2 rings (SSSR count). The summed E-state index contributed by atoms with van der Waals surface area (Å²) in [6, 6.07) is 0. The van der Waals surface area contributed by atoms with Gasteiger partial charge in [-0.2, -0.15) is 0 Å². The van der Waals surface area contributed by atoms with E-state index in [0.29, 0.717) is 17.1 Å². The Morgan fingerprint density at radius 2 is 2.37 bits per heavy atom. The van der Waals surface area contributed by atoms with Crippen molar-refractivity contribution in [1.82, 2.24) is 10.2 Å². The molecule has 19 heavy (non-hydrogen) atoms. The predicted octanol–water partition coefficient (Wildman–Crippen LogP) is 1.14. The van der Waals surface area contributed by atoms with Crippen LogP contribution in [-0.2, 0) is 16.0 Å². The maximum absolute atomic E-state index is 11.4. The molecule has 0 aliphatic heterocycles. The Bertz CT molecular complexity index is 570. The quantitative estimate of drug-likeness (QED) is 0.607. The molecule has 0 saturated carbocycles. The molecule has 6 nitrogen and oxygen atoms in total. The van der Waals surface area contributed by atoms with Crippen LogP contribution < -0.4 is 4.74 Å². The molecule has 0 saturated heterocycles. The first-order valence-electron chi connectivity index (χ1n) is 5.60. The molecule has 1 aliphatic carbocycles. The number of hydrogen-bond donors (Lipinski definition) is 0. The van der Waals surface area contributed by atoms with Gasteiger partial charge in [0.25, 0.3) is 0 Å². The zero-order chi connectivity index (χ0) is 13.8. The van der Waals surface area contributed by atoms with Crippen LogP contribution in [0.25, 0.3) is 0 Å². The molecule has 0 amide bonds. The molecule has 100 valence electrons. The van der Waals surface area contributed by atoms with Crippen LogP contribution in [0.4, 0.5) is 0 Å². The monoisotopic (exact) mass is 280 g/mol. The standard InChI is InChI=1S/C12H12N2O4S/c1-3-17-12-14-13-11(18-12)10-5-4-9(19(2)16)6-8(10)7-15/h4-6,10H,3H2,1-2H3. The summed E-state index contributed by atoms with van der Waals surface area (Å²) < 4.78 is 21.7. The van der Waals surface area contributed by atoms with Crippen LogP contribution in [0, 0.1) is 0 Å². The van der Waals surface area contributed by atoms with Crippen LogP contribution in [0.15, 0.2) is 33.1 Å². The average molecular weight is 280 g/mol. The molecule has 0 bridgehead atoms. The number of aromatic nitrogens is 2. The van der Waals surface area contributed by atoms with Crippen LogP contribution in [0.3, 0.4) is 0 Å². The van der Waals surface area contributed by atoms with Crippen molar-refractivity contribution >= 4 is 17.1 Å².